The van der Waals surface area contributed by atoms with Crippen LogP contribution in [0.2, 0.25) is 0 Å². The van der Waals surface area contributed by atoms with Gasteiger partial charge in [-0.3, -0.25) is 0 Å². The zero-order valence-corrected chi connectivity index (χ0v) is 12.1. The van der Waals surface area contributed by atoms with Gasteiger partial charge in [-0.25, -0.2) is 21.9 Å². The van der Waals surface area contributed by atoms with E-state index < -0.39 is 43.9 Å². The molecule has 1 saturated heterocycles. The first-order valence-electron chi connectivity index (χ1n) is 6.24. The molecule has 4 N–H and O–H groups in total. The fraction of sp³-hybridized carbons (Fsp3) is 0.500. The third-order valence-corrected chi connectivity index (χ3v) is 4.98. The molecule has 1 aliphatic heterocycles. The summed E-state index contributed by atoms with van der Waals surface area (Å²) in [6.45, 7) is 1.57. The molecule has 0 aromatic heterocycles. The molecule has 0 spiro atoms. The summed E-state index contributed by atoms with van der Waals surface area (Å²) < 4.78 is 58.0. The highest BCUT2D eigenvalue weighted by molar-refractivity contribution is 7.89. The number of anilines is 1. The van der Waals surface area contributed by atoms with Crippen LogP contribution in [-0.2, 0) is 14.8 Å². The van der Waals surface area contributed by atoms with Crippen molar-refractivity contribution in [1.29, 1.82) is 0 Å². The molecular weight excluding hydrogens is 306 g/mol. The molecule has 0 radical (unpaired) electrons. The van der Waals surface area contributed by atoms with E-state index in [1.165, 1.54) is 0 Å². The summed E-state index contributed by atoms with van der Waals surface area (Å²) in [5, 5.41) is 10.2. The maximum absolute atomic E-state index is 13.6. The summed E-state index contributed by atoms with van der Waals surface area (Å²) in [6.07, 6.45) is -0.298. The van der Waals surface area contributed by atoms with Gasteiger partial charge in [0.15, 0.2) is 0 Å². The highest BCUT2D eigenvalue weighted by atomic mass is 32.2. The summed E-state index contributed by atoms with van der Waals surface area (Å²) >= 11 is 0. The number of hydrogen-bond donors (Lipinski definition) is 3. The van der Waals surface area contributed by atoms with E-state index in [9.17, 15) is 22.3 Å². The number of rotatable bonds is 4. The lowest BCUT2D eigenvalue weighted by molar-refractivity contribution is -0.0228. The van der Waals surface area contributed by atoms with Crippen LogP contribution in [-0.4, -0.2) is 38.4 Å². The van der Waals surface area contributed by atoms with Gasteiger partial charge in [0, 0.05) is 25.6 Å². The van der Waals surface area contributed by atoms with E-state index in [2.05, 4.69) is 4.72 Å². The Morgan fingerprint density at radius 3 is 2.71 bits per heavy atom. The lowest BCUT2D eigenvalue weighted by atomic mass is 9.97. The Balaban J connectivity index is 2.21. The van der Waals surface area contributed by atoms with Gasteiger partial charge in [0.1, 0.15) is 22.1 Å². The van der Waals surface area contributed by atoms with Crippen molar-refractivity contribution in [3.63, 3.8) is 0 Å². The molecule has 9 heteroatoms. The molecule has 1 aromatic rings. The first-order chi connectivity index (χ1) is 9.66. The van der Waals surface area contributed by atoms with E-state index in [4.69, 9.17) is 10.5 Å². The van der Waals surface area contributed by atoms with Crippen LogP contribution in [0.5, 0.6) is 0 Å². The molecule has 118 valence electrons. The van der Waals surface area contributed by atoms with Gasteiger partial charge in [0.25, 0.3) is 0 Å². The molecule has 6 nitrogen and oxygen atoms in total. The molecule has 2 rings (SSSR count). The quantitative estimate of drug-likeness (QED) is 0.695. The smallest absolute Gasteiger partial charge is 0.243 e. The van der Waals surface area contributed by atoms with Crippen molar-refractivity contribution < 1.29 is 27.0 Å². The van der Waals surface area contributed by atoms with Crippen LogP contribution in [0.3, 0.4) is 0 Å². The van der Waals surface area contributed by atoms with E-state index in [0.29, 0.717) is 18.7 Å². The average Bonchev–Trinajstić information content (AvgIpc) is 2.72. The van der Waals surface area contributed by atoms with Crippen molar-refractivity contribution in [3.05, 3.63) is 23.8 Å². The Bertz CT molecular complexity index is 653. The van der Waals surface area contributed by atoms with E-state index in [1.54, 1.807) is 6.92 Å². The number of sulfonamides is 1. The summed E-state index contributed by atoms with van der Waals surface area (Å²) in [5.74, 6) is -2.29. The third kappa shape index (κ3) is 3.15. The van der Waals surface area contributed by atoms with Crippen molar-refractivity contribution in [2.45, 2.75) is 29.9 Å². The molecule has 0 bridgehead atoms. The maximum atomic E-state index is 13.6. The molecule has 1 heterocycles. The van der Waals surface area contributed by atoms with Gasteiger partial charge in [-0.05, 0) is 13.0 Å². The summed E-state index contributed by atoms with van der Waals surface area (Å²) in [4.78, 5) is -0.767. The van der Waals surface area contributed by atoms with E-state index in [-0.39, 0.29) is 13.0 Å². The van der Waals surface area contributed by atoms with Gasteiger partial charge in [-0.1, -0.05) is 0 Å². The standard InChI is InChI=1S/C12H16F2N2O4S/c1-7-12(17,2-3-20-7)6-16-21(18,19)11-5-10(15)8(13)4-9(11)14/h4-5,7,16-17H,2-3,6,15H2,1H3. The summed E-state index contributed by atoms with van der Waals surface area (Å²) in [7, 11) is -4.27. The number of nitrogens with two attached hydrogens (primary N) is 1. The Labute approximate surface area is 121 Å². The molecule has 1 fully saturated rings. The van der Waals surface area contributed by atoms with Gasteiger partial charge in [-0.15, -0.1) is 0 Å². The highest BCUT2D eigenvalue weighted by Gasteiger charge is 2.40. The highest BCUT2D eigenvalue weighted by Crippen LogP contribution is 2.26. The molecular formula is C12H16F2N2O4S. The van der Waals surface area contributed by atoms with E-state index >= 15 is 0 Å². The van der Waals surface area contributed by atoms with Crippen molar-refractivity contribution in [3.8, 4) is 0 Å². The number of nitrogens with one attached hydrogen (secondary N) is 1. The zero-order valence-electron chi connectivity index (χ0n) is 11.3. The average molecular weight is 322 g/mol. The zero-order chi connectivity index (χ0) is 15.8. The van der Waals surface area contributed by atoms with Gasteiger partial charge in [0.05, 0.1) is 11.8 Å². The lowest BCUT2D eigenvalue weighted by Crippen LogP contribution is -2.47. The number of ether oxygens (including phenoxy) is 1. The SMILES string of the molecule is CC1OCCC1(O)CNS(=O)(=O)c1cc(N)c(F)cc1F. The lowest BCUT2D eigenvalue weighted by Gasteiger charge is -2.26. The second-order valence-electron chi connectivity index (χ2n) is 5.00. The van der Waals surface area contributed by atoms with Crippen LogP contribution in [0, 0.1) is 11.6 Å². The maximum Gasteiger partial charge on any atom is 0.243 e. The van der Waals surface area contributed by atoms with Crippen LogP contribution in [0.25, 0.3) is 0 Å². The van der Waals surface area contributed by atoms with Crippen molar-refractivity contribution >= 4 is 15.7 Å². The second kappa shape index (κ2) is 5.48. The van der Waals surface area contributed by atoms with Crippen LogP contribution >= 0.6 is 0 Å². The van der Waals surface area contributed by atoms with Crippen molar-refractivity contribution in [1.82, 2.24) is 4.72 Å². The van der Waals surface area contributed by atoms with E-state index in [0.717, 1.165) is 0 Å². The van der Waals surface area contributed by atoms with Crippen molar-refractivity contribution in [2.75, 3.05) is 18.9 Å². The third-order valence-electron chi connectivity index (χ3n) is 3.57. The minimum absolute atomic E-state index is 0.255. The molecule has 1 aromatic carbocycles. The molecule has 0 saturated carbocycles. The Morgan fingerprint density at radius 1 is 1.48 bits per heavy atom. The molecule has 1 aliphatic rings. The van der Waals surface area contributed by atoms with Gasteiger partial charge < -0.3 is 15.6 Å². The van der Waals surface area contributed by atoms with Crippen LogP contribution in [0.1, 0.15) is 13.3 Å². The summed E-state index contributed by atoms with van der Waals surface area (Å²) in [6, 6.07) is 1.10. The minimum atomic E-state index is -4.27. The van der Waals surface area contributed by atoms with Crippen LogP contribution < -0.4 is 10.5 Å². The fourth-order valence-electron chi connectivity index (χ4n) is 2.05. The van der Waals surface area contributed by atoms with Gasteiger partial charge >= 0.3 is 0 Å². The molecule has 0 aliphatic carbocycles. The van der Waals surface area contributed by atoms with E-state index in [1.807, 2.05) is 0 Å². The number of aliphatic hydroxyl groups is 1. The summed E-state index contributed by atoms with van der Waals surface area (Å²) in [5.41, 5.74) is 3.40. The van der Waals surface area contributed by atoms with Crippen LogP contribution in [0.4, 0.5) is 14.5 Å². The molecule has 2 atom stereocenters. The normalized spacial score (nSPS) is 26.2. The Hall–Kier alpha value is -1.29. The number of nitrogen functional groups attached to an aromatic ring is 1. The first kappa shape index (κ1) is 16.1. The second-order valence-corrected chi connectivity index (χ2v) is 6.73. The minimum Gasteiger partial charge on any atom is -0.396 e. The molecule has 21 heavy (non-hydrogen) atoms. The topological polar surface area (TPSA) is 102 Å². The number of hydrogen-bond acceptors (Lipinski definition) is 5. The number of benzene rings is 1. The predicted molar refractivity (Wildman–Crippen MR) is 70.9 cm³/mol. The van der Waals surface area contributed by atoms with Gasteiger partial charge in [-0.2, -0.15) is 0 Å². The number of halogens is 2. The van der Waals surface area contributed by atoms with Crippen molar-refractivity contribution in [2.24, 2.45) is 0 Å². The molecule has 2 unspecified atom stereocenters. The Morgan fingerprint density at radius 2 is 2.14 bits per heavy atom. The predicted octanol–water partition coefficient (Wildman–Crippen LogP) is 0.365. The van der Waals surface area contributed by atoms with Crippen LogP contribution in [0.15, 0.2) is 17.0 Å². The monoisotopic (exact) mass is 322 g/mol. The first-order valence-corrected chi connectivity index (χ1v) is 7.72. The van der Waals surface area contributed by atoms with Gasteiger partial charge in [0.2, 0.25) is 10.0 Å². The molecule has 0 amide bonds. The largest absolute Gasteiger partial charge is 0.396 e. The fourth-order valence-corrected chi connectivity index (χ4v) is 3.24. The Kier molecular flexibility index (Phi) is 4.20.